The number of aromatic amines is 1. The zero-order valence-electron chi connectivity index (χ0n) is 13.2. The van der Waals surface area contributed by atoms with Gasteiger partial charge in [-0.3, -0.25) is 4.79 Å². The summed E-state index contributed by atoms with van der Waals surface area (Å²) in [4.78, 5) is 15.6. The summed E-state index contributed by atoms with van der Waals surface area (Å²) in [5.41, 5.74) is 5.32. The predicted molar refractivity (Wildman–Crippen MR) is 94.8 cm³/mol. The van der Waals surface area contributed by atoms with E-state index in [1.165, 1.54) is 5.56 Å². The van der Waals surface area contributed by atoms with E-state index in [0.717, 1.165) is 27.7 Å². The van der Waals surface area contributed by atoms with Gasteiger partial charge in [0.15, 0.2) is 0 Å². The smallest absolute Gasteiger partial charge is 0.224 e. The van der Waals surface area contributed by atoms with Gasteiger partial charge in [-0.2, -0.15) is 0 Å². The quantitative estimate of drug-likeness (QED) is 0.737. The molecule has 0 atom stereocenters. The molecule has 0 aliphatic carbocycles. The summed E-state index contributed by atoms with van der Waals surface area (Å²) >= 11 is 6.08. The van der Waals surface area contributed by atoms with Gasteiger partial charge in [0.2, 0.25) is 5.91 Å². The Kier molecular flexibility index (Phi) is 4.39. The number of aryl methyl sites for hydroxylation is 2. The molecular formula is C19H19ClN2O. The van der Waals surface area contributed by atoms with Crippen molar-refractivity contribution in [3.8, 4) is 0 Å². The first-order valence-electron chi connectivity index (χ1n) is 7.62. The average Bonchev–Trinajstić information content (AvgIpc) is 2.81. The number of nitrogens with one attached hydrogen (secondary N) is 2. The van der Waals surface area contributed by atoms with Gasteiger partial charge in [0, 0.05) is 28.2 Å². The monoisotopic (exact) mass is 326 g/mol. The molecular weight excluding hydrogens is 308 g/mol. The Morgan fingerprint density at radius 3 is 2.78 bits per heavy atom. The zero-order chi connectivity index (χ0) is 16.4. The van der Waals surface area contributed by atoms with Gasteiger partial charge in [0.1, 0.15) is 0 Å². The van der Waals surface area contributed by atoms with Crippen molar-refractivity contribution in [1.29, 1.82) is 0 Å². The van der Waals surface area contributed by atoms with Crippen molar-refractivity contribution in [2.45, 2.75) is 26.8 Å². The van der Waals surface area contributed by atoms with E-state index in [0.29, 0.717) is 18.0 Å². The van der Waals surface area contributed by atoms with E-state index in [-0.39, 0.29) is 5.91 Å². The van der Waals surface area contributed by atoms with Crippen LogP contribution in [-0.2, 0) is 17.8 Å². The van der Waals surface area contributed by atoms with Crippen molar-refractivity contribution in [3.63, 3.8) is 0 Å². The second-order valence-electron chi connectivity index (χ2n) is 5.86. The van der Waals surface area contributed by atoms with E-state index in [2.05, 4.69) is 16.4 Å². The van der Waals surface area contributed by atoms with Gasteiger partial charge in [0.25, 0.3) is 0 Å². The molecule has 1 aromatic heterocycles. The molecule has 0 saturated heterocycles. The molecule has 3 aromatic rings. The summed E-state index contributed by atoms with van der Waals surface area (Å²) in [6, 6.07) is 13.8. The maximum atomic E-state index is 12.3. The summed E-state index contributed by atoms with van der Waals surface area (Å²) in [5, 5.41) is 4.68. The van der Waals surface area contributed by atoms with Gasteiger partial charge in [-0.1, -0.05) is 41.4 Å². The van der Waals surface area contributed by atoms with Crippen molar-refractivity contribution in [2.24, 2.45) is 0 Å². The number of hydrogen-bond donors (Lipinski definition) is 2. The molecule has 3 rings (SSSR count). The number of carbonyl (C=O) groups excluding carboxylic acids is 1. The lowest BCUT2D eigenvalue weighted by Crippen LogP contribution is -2.24. The first-order valence-corrected chi connectivity index (χ1v) is 7.99. The van der Waals surface area contributed by atoms with Gasteiger partial charge < -0.3 is 10.3 Å². The number of aromatic nitrogens is 1. The molecule has 0 aliphatic heterocycles. The Balaban J connectivity index is 1.73. The minimum atomic E-state index is 0.00971. The average molecular weight is 327 g/mol. The number of rotatable bonds is 4. The molecule has 3 nitrogen and oxygen atoms in total. The number of amides is 1. The normalized spacial score (nSPS) is 10.9. The number of fused-ring (bicyclic) bond motifs is 1. The fourth-order valence-electron chi connectivity index (χ4n) is 2.83. The largest absolute Gasteiger partial charge is 0.358 e. The SMILES string of the molecule is Cc1cccc(CNC(=O)Cc2c(C)[nH]c3ccc(Cl)cc23)c1. The molecule has 2 aromatic carbocycles. The van der Waals surface area contributed by atoms with Crippen LogP contribution in [0.4, 0.5) is 0 Å². The number of halogens is 1. The van der Waals surface area contributed by atoms with E-state index in [4.69, 9.17) is 11.6 Å². The van der Waals surface area contributed by atoms with Crippen LogP contribution in [0.5, 0.6) is 0 Å². The molecule has 0 aliphatic rings. The highest BCUT2D eigenvalue weighted by Crippen LogP contribution is 2.25. The van der Waals surface area contributed by atoms with E-state index < -0.39 is 0 Å². The second-order valence-corrected chi connectivity index (χ2v) is 6.30. The van der Waals surface area contributed by atoms with Crippen LogP contribution in [0.1, 0.15) is 22.4 Å². The lowest BCUT2D eigenvalue weighted by atomic mass is 10.1. The van der Waals surface area contributed by atoms with E-state index in [1.807, 2.05) is 50.2 Å². The molecule has 23 heavy (non-hydrogen) atoms. The molecule has 0 saturated carbocycles. The summed E-state index contributed by atoms with van der Waals surface area (Å²) in [7, 11) is 0. The molecule has 1 amide bonds. The lowest BCUT2D eigenvalue weighted by molar-refractivity contribution is -0.120. The van der Waals surface area contributed by atoms with Crippen LogP contribution in [0.25, 0.3) is 10.9 Å². The third kappa shape index (κ3) is 3.57. The van der Waals surface area contributed by atoms with Crippen molar-refractivity contribution < 1.29 is 4.79 Å². The molecule has 0 bridgehead atoms. The lowest BCUT2D eigenvalue weighted by Gasteiger charge is -2.07. The minimum Gasteiger partial charge on any atom is -0.358 e. The first-order chi connectivity index (χ1) is 11.0. The summed E-state index contributed by atoms with van der Waals surface area (Å²) in [6.07, 6.45) is 0.345. The van der Waals surface area contributed by atoms with Crippen molar-refractivity contribution >= 4 is 28.4 Å². The van der Waals surface area contributed by atoms with Crippen LogP contribution in [0.15, 0.2) is 42.5 Å². The van der Waals surface area contributed by atoms with Gasteiger partial charge in [-0.15, -0.1) is 0 Å². The Morgan fingerprint density at radius 1 is 1.17 bits per heavy atom. The highest BCUT2D eigenvalue weighted by Gasteiger charge is 2.12. The van der Waals surface area contributed by atoms with Crippen molar-refractivity contribution in [3.05, 3.63) is 69.9 Å². The number of hydrogen-bond acceptors (Lipinski definition) is 1. The van der Waals surface area contributed by atoms with Gasteiger partial charge in [-0.25, -0.2) is 0 Å². The van der Waals surface area contributed by atoms with Crippen LogP contribution >= 0.6 is 11.6 Å². The van der Waals surface area contributed by atoms with Crippen LogP contribution in [-0.4, -0.2) is 10.9 Å². The second kappa shape index (κ2) is 6.47. The summed E-state index contributed by atoms with van der Waals surface area (Å²) in [5.74, 6) is 0.00971. The molecule has 2 N–H and O–H groups in total. The van der Waals surface area contributed by atoms with Gasteiger partial charge in [0.05, 0.1) is 6.42 Å². The first kappa shape index (κ1) is 15.6. The van der Waals surface area contributed by atoms with Crippen LogP contribution in [0.3, 0.4) is 0 Å². The van der Waals surface area contributed by atoms with E-state index in [9.17, 15) is 4.79 Å². The molecule has 118 valence electrons. The Hall–Kier alpha value is -2.26. The van der Waals surface area contributed by atoms with Crippen molar-refractivity contribution in [1.82, 2.24) is 10.3 Å². The maximum Gasteiger partial charge on any atom is 0.224 e. The molecule has 4 heteroatoms. The highest BCUT2D eigenvalue weighted by molar-refractivity contribution is 6.31. The van der Waals surface area contributed by atoms with E-state index >= 15 is 0 Å². The minimum absolute atomic E-state index is 0.00971. The summed E-state index contributed by atoms with van der Waals surface area (Å²) in [6.45, 7) is 4.57. The Morgan fingerprint density at radius 2 is 2.00 bits per heavy atom. The van der Waals surface area contributed by atoms with Crippen molar-refractivity contribution in [2.75, 3.05) is 0 Å². The topological polar surface area (TPSA) is 44.9 Å². The fourth-order valence-corrected chi connectivity index (χ4v) is 3.00. The molecule has 0 unspecified atom stereocenters. The van der Waals surface area contributed by atoms with Crippen LogP contribution in [0, 0.1) is 13.8 Å². The van der Waals surface area contributed by atoms with E-state index in [1.54, 1.807) is 0 Å². The van der Waals surface area contributed by atoms with Gasteiger partial charge in [-0.05, 0) is 43.2 Å². The maximum absolute atomic E-state index is 12.3. The third-order valence-electron chi connectivity index (χ3n) is 3.99. The number of carbonyl (C=O) groups is 1. The standard InChI is InChI=1S/C19H19ClN2O/c1-12-4-3-5-14(8-12)11-21-19(23)10-16-13(2)22-18-7-6-15(20)9-17(16)18/h3-9,22H,10-11H2,1-2H3,(H,21,23). The number of benzene rings is 2. The molecule has 1 heterocycles. The molecule has 0 spiro atoms. The summed E-state index contributed by atoms with van der Waals surface area (Å²) < 4.78 is 0. The third-order valence-corrected chi connectivity index (χ3v) is 4.23. The van der Waals surface area contributed by atoms with Crippen LogP contribution < -0.4 is 5.32 Å². The van der Waals surface area contributed by atoms with Gasteiger partial charge >= 0.3 is 0 Å². The number of H-pyrrole nitrogens is 1. The fraction of sp³-hybridized carbons (Fsp3) is 0.211. The molecule has 0 radical (unpaired) electrons. The predicted octanol–water partition coefficient (Wildman–Crippen LogP) is 4.30. The van der Waals surface area contributed by atoms with Crippen LogP contribution in [0.2, 0.25) is 5.02 Å². The Labute approximate surface area is 140 Å². The molecule has 0 fully saturated rings. The zero-order valence-corrected chi connectivity index (χ0v) is 14.0. The highest BCUT2D eigenvalue weighted by atomic mass is 35.5. The Bertz CT molecular complexity index is 867.